The zero-order chi connectivity index (χ0) is 14.3. The van der Waals surface area contributed by atoms with Crippen molar-refractivity contribution in [1.29, 1.82) is 0 Å². The van der Waals surface area contributed by atoms with E-state index in [-0.39, 0.29) is 16.4 Å². The van der Waals surface area contributed by atoms with Gasteiger partial charge in [0.25, 0.3) is 0 Å². The van der Waals surface area contributed by atoms with Crippen molar-refractivity contribution in [2.75, 3.05) is 13.1 Å². The van der Waals surface area contributed by atoms with Gasteiger partial charge in [-0.1, -0.05) is 17.7 Å². The minimum atomic E-state index is -0.339. The number of nitrogens with zero attached hydrogens (tertiary/aromatic N) is 1. The summed E-state index contributed by atoms with van der Waals surface area (Å²) in [6.07, 6.45) is 2.65. The zero-order valence-electron chi connectivity index (χ0n) is 12.1. The van der Waals surface area contributed by atoms with Crippen molar-refractivity contribution >= 4 is 11.6 Å². The van der Waals surface area contributed by atoms with Crippen LogP contribution in [0.2, 0.25) is 5.02 Å². The SMILES string of the molecule is CC1CN(Cc2ccc(F)c(Cl)c2)C(C)(C2CC2)CN1. The number of benzene rings is 1. The maximum absolute atomic E-state index is 13.3. The molecule has 1 saturated carbocycles. The highest BCUT2D eigenvalue weighted by Gasteiger charge is 2.47. The molecule has 1 aromatic rings. The molecule has 0 amide bonds. The van der Waals surface area contributed by atoms with Crippen LogP contribution < -0.4 is 5.32 Å². The summed E-state index contributed by atoms with van der Waals surface area (Å²) in [5, 5.41) is 3.82. The number of piperazine rings is 1. The van der Waals surface area contributed by atoms with Gasteiger partial charge >= 0.3 is 0 Å². The van der Waals surface area contributed by atoms with Crippen LogP contribution in [0.5, 0.6) is 0 Å². The first-order valence-electron chi connectivity index (χ1n) is 7.41. The predicted octanol–water partition coefficient (Wildman–Crippen LogP) is 3.44. The number of hydrogen-bond donors (Lipinski definition) is 1. The standard InChI is InChI=1S/C16H22ClFN2/c1-11-8-20(16(2,10-19-11)13-4-5-13)9-12-3-6-15(18)14(17)7-12/h3,6-7,11,13,19H,4-5,8-10H2,1-2H3. The van der Waals surface area contributed by atoms with Crippen molar-refractivity contribution in [3.05, 3.63) is 34.6 Å². The number of hydrogen-bond acceptors (Lipinski definition) is 2. The van der Waals surface area contributed by atoms with Crippen molar-refractivity contribution in [1.82, 2.24) is 10.2 Å². The van der Waals surface area contributed by atoms with E-state index in [1.807, 2.05) is 6.07 Å². The molecule has 1 aliphatic carbocycles. The summed E-state index contributed by atoms with van der Waals surface area (Å²) in [5.74, 6) is 0.451. The van der Waals surface area contributed by atoms with Gasteiger partial charge in [-0.15, -0.1) is 0 Å². The van der Waals surface area contributed by atoms with Gasteiger partial charge in [-0.2, -0.15) is 0 Å². The van der Waals surface area contributed by atoms with Crippen molar-refractivity contribution in [3.8, 4) is 0 Å². The smallest absolute Gasteiger partial charge is 0.141 e. The summed E-state index contributed by atoms with van der Waals surface area (Å²) in [6, 6.07) is 5.58. The van der Waals surface area contributed by atoms with E-state index in [4.69, 9.17) is 11.6 Å². The Morgan fingerprint density at radius 3 is 2.85 bits per heavy atom. The molecule has 2 nitrogen and oxygen atoms in total. The fraction of sp³-hybridized carbons (Fsp3) is 0.625. The van der Waals surface area contributed by atoms with Crippen molar-refractivity contribution in [2.24, 2.45) is 5.92 Å². The van der Waals surface area contributed by atoms with E-state index < -0.39 is 0 Å². The molecule has 0 spiro atoms. The first kappa shape index (κ1) is 14.3. The van der Waals surface area contributed by atoms with Crippen LogP contribution in [0.4, 0.5) is 4.39 Å². The third kappa shape index (κ3) is 2.72. The van der Waals surface area contributed by atoms with Gasteiger partial charge in [0.2, 0.25) is 0 Å². The largest absolute Gasteiger partial charge is 0.311 e. The fourth-order valence-electron chi connectivity index (χ4n) is 3.31. The summed E-state index contributed by atoms with van der Waals surface area (Å²) >= 11 is 5.90. The van der Waals surface area contributed by atoms with Gasteiger partial charge in [-0.3, -0.25) is 4.90 Å². The van der Waals surface area contributed by atoms with Crippen LogP contribution in [0.15, 0.2) is 18.2 Å². The van der Waals surface area contributed by atoms with E-state index in [0.29, 0.717) is 6.04 Å². The molecule has 20 heavy (non-hydrogen) atoms. The van der Waals surface area contributed by atoms with Gasteiger partial charge in [0.15, 0.2) is 0 Å². The topological polar surface area (TPSA) is 15.3 Å². The summed E-state index contributed by atoms with van der Waals surface area (Å²) in [6.45, 7) is 7.49. The average Bonchev–Trinajstić information content (AvgIpc) is 3.23. The van der Waals surface area contributed by atoms with Gasteiger partial charge in [0.1, 0.15) is 5.82 Å². The Labute approximate surface area is 125 Å². The second-order valence-corrected chi connectivity index (χ2v) is 6.95. The van der Waals surface area contributed by atoms with Crippen LogP contribution >= 0.6 is 11.6 Å². The van der Waals surface area contributed by atoms with Gasteiger partial charge in [0.05, 0.1) is 5.02 Å². The Morgan fingerprint density at radius 1 is 1.45 bits per heavy atom. The van der Waals surface area contributed by atoms with Crippen LogP contribution in [0.1, 0.15) is 32.3 Å². The Bertz CT molecular complexity index is 503. The highest BCUT2D eigenvalue weighted by atomic mass is 35.5. The quantitative estimate of drug-likeness (QED) is 0.919. The minimum absolute atomic E-state index is 0.216. The van der Waals surface area contributed by atoms with Crippen LogP contribution in [0.3, 0.4) is 0 Å². The molecule has 2 fully saturated rings. The number of nitrogens with one attached hydrogen (secondary N) is 1. The molecule has 2 aliphatic rings. The summed E-state index contributed by atoms with van der Waals surface area (Å²) in [7, 11) is 0. The third-order valence-corrected chi connectivity index (χ3v) is 5.13. The molecule has 0 radical (unpaired) electrons. The summed E-state index contributed by atoms with van der Waals surface area (Å²) in [5.41, 5.74) is 1.31. The van der Waals surface area contributed by atoms with E-state index in [2.05, 4.69) is 24.1 Å². The lowest BCUT2D eigenvalue weighted by molar-refractivity contribution is 0.0312. The molecule has 0 aromatic heterocycles. The molecule has 1 heterocycles. The lowest BCUT2D eigenvalue weighted by Gasteiger charge is -2.48. The first-order chi connectivity index (χ1) is 9.49. The minimum Gasteiger partial charge on any atom is -0.311 e. The van der Waals surface area contributed by atoms with E-state index in [0.717, 1.165) is 31.1 Å². The number of rotatable bonds is 3. The molecular formula is C16H22ClFN2. The Hall–Kier alpha value is -0.640. The lowest BCUT2D eigenvalue weighted by atomic mass is 9.89. The fourth-order valence-corrected chi connectivity index (χ4v) is 3.51. The number of halogens is 2. The summed E-state index contributed by atoms with van der Waals surface area (Å²) in [4.78, 5) is 2.55. The molecule has 3 rings (SSSR count). The van der Waals surface area contributed by atoms with E-state index in [1.165, 1.54) is 18.9 Å². The Morgan fingerprint density at radius 2 is 2.20 bits per heavy atom. The van der Waals surface area contributed by atoms with E-state index in [1.54, 1.807) is 6.07 Å². The first-order valence-corrected chi connectivity index (χ1v) is 7.79. The van der Waals surface area contributed by atoms with Crippen LogP contribution in [-0.2, 0) is 6.54 Å². The molecule has 1 N–H and O–H groups in total. The molecule has 2 atom stereocenters. The van der Waals surface area contributed by atoms with Gasteiger partial charge in [-0.05, 0) is 50.3 Å². The Balaban J connectivity index is 1.80. The van der Waals surface area contributed by atoms with Crippen LogP contribution in [0.25, 0.3) is 0 Å². The van der Waals surface area contributed by atoms with Crippen molar-refractivity contribution in [2.45, 2.75) is 44.8 Å². The maximum Gasteiger partial charge on any atom is 0.141 e. The predicted molar refractivity (Wildman–Crippen MR) is 80.4 cm³/mol. The Kier molecular flexibility index (Phi) is 3.78. The van der Waals surface area contributed by atoms with E-state index in [9.17, 15) is 4.39 Å². The van der Waals surface area contributed by atoms with Crippen molar-refractivity contribution < 1.29 is 4.39 Å². The van der Waals surface area contributed by atoms with Crippen LogP contribution in [-0.4, -0.2) is 29.6 Å². The van der Waals surface area contributed by atoms with Crippen LogP contribution in [0, 0.1) is 11.7 Å². The van der Waals surface area contributed by atoms with Gasteiger partial charge < -0.3 is 5.32 Å². The maximum atomic E-state index is 13.3. The molecule has 1 saturated heterocycles. The van der Waals surface area contributed by atoms with Gasteiger partial charge in [0, 0.05) is 31.2 Å². The highest BCUT2D eigenvalue weighted by Crippen LogP contribution is 2.44. The molecule has 1 aliphatic heterocycles. The normalized spacial score (nSPS) is 31.5. The van der Waals surface area contributed by atoms with E-state index >= 15 is 0 Å². The van der Waals surface area contributed by atoms with Crippen molar-refractivity contribution in [3.63, 3.8) is 0 Å². The molecule has 0 bridgehead atoms. The molecule has 110 valence electrons. The summed E-state index contributed by atoms with van der Waals surface area (Å²) < 4.78 is 13.3. The molecule has 1 aromatic carbocycles. The molecule has 4 heteroatoms. The average molecular weight is 297 g/mol. The second-order valence-electron chi connectivity index (χ2n) is 6.54. The lowest BCUT2D eigenvalue weighted by Crippen LogP contribution is -2.63. The van der Waals surface area contributed by atoms with Gasteiger partial charge in [-0.25, -0.2) is 4.39 Å². The molecule has 2 unspecified atom stereocenters. The third-order valence-electron chi connectivity index (χ3n) is 4.84. The molecular weight excluding hydrogens is 275 g/mol. The zero-order valence-corrected chi connectivity index (χ0v) is 12.9. The second kappa shape index (κ2) is 5.28. The highest BCUT2D eigenvalue weighted by molar-refractivity contribution is 6.30. The monoisotopic (exact) mass is 296 g/mol.